The number of H-pyrrole nitrogens is 1. The van der Waals surface area contributed by atoms with Gasteiger partial charge in [-0.05, 0) is 6.42 Å². The zero-order valence-electron chi connectivity index (χ0n) is 8.21. The van der Waals surface area contributed by atoms with Gasteiger partial charge in [-0.15, -0.1) is 5.10 Å². The number of primary amides is 1. The normalized spacial score (nSPS) is 10.1. The molecule has 0 unspecified atom stereocenters. The van der Waals surface area contributed by atoms with Crippen LogP contribution in [-0.2, 0) is 6.42 Å². The first kappa shape index (κ1) is 10.5. The molecule has 1 rings (SSSR count). The standard InChI is InChI=1S/C8H15N5O/c1-2-3-4-5-6-10-8(13-12-6)11-7(9)14/h2-5H2,1H3,(H4,9,10,11,12,13,14). The quantitative estimate of drug-likeness (QED) is 0.615. The average molecular weight is 197 g/mol. The Balaban J connectivity index is 2.38. The predicted octanol–water partition coefficient (Wildman–Crippen LogP) is 1.03. The minimum atomic E-state index is -0.649. The van der Waals surface area contributed by atoms with Crippen LogP contribution in [0.4, 0.5) is 10.7 Å². The summed E-state index contributed by atoms with van der Waals surface area (Å²) in [4.78, 5) is 14.5. The third kappa shape index (κ3) is 3.42. The fourth-order valence-corrected chi connectivity index (χ4v) is 1.12. The van der Waals surface area contributed by atoms with E-state index < -0.39 is 6.03 Å². The van der Waals surface area contributed by atoms with Crippen molar-refractivity contribution in [3.63, 3.8) is 0 Å². The average Bonchev–Trinajstić information content (AvgIpc) is 2.52. The fraction of sp³-hybridized carbons (Fsp3) is 0.625. The predicted molar refractivity (Wildman–Crippen MR) is 52.8 cm³/mol. The van der Waals surface area contributed by atoms with Gasteiger partial charge in [0.2, 0.25) is 5.95 Å². The largest absolute Gasteiger partial charge is 0.351 e. The number of aryl methyl sites for hydroxylation is 1. The molecular weight excluding hydrogens is 182 g/mol. The van der Waals surface area contributed by atoms with Crippen LogP contribution in [0.15, 0.2) is 0 Å². The van der Waals surface area contributed by atoms with Gasteiger partial charge in [-0.25, -0.2) is 4.79 Å². The molecule has 0 aliphatic heterocycles. The molecule has 1 aromatic rings. The van der Waals surface area contributed by atoms with E-state index in [1.54, 1.807) is 0 Å². The first-order valence-electron chi connectivity index (χ1n) is 4.70. The minimum Gasteiger partial charge on any atom is -0.351 e. The van der Waals surface area contributed by atoms with E-state index in [0.29, 0.717) is 0 Å². The van der Waals surface area contributed by atoms with Crippen LogP contribution >= 0.6 is 0 Å². The second-order valence-corrected chi connectivity index (χ2v) is 3.05. The molecule has 6 heteroatoms. The summed E-state index contributed by atoms with van der Waals surface area (Å²) in [5, 5.41) is 8.83. The Morgan fingerprint density at radius 1 is 1.57 bits per heavy atom. The van der Waals surface area contributed by atoms with E-state index in [-0.39, 0.29) is 5.95 Å². The summed E-state index contributed by atoms with van der Waals surface area (Å²) in [6.07, 6.45) is 4.25. The number of hydrogen-bond acceptors (Lipinski definition) is 3. The summed E-state index contributed by atoms with van der Waals surface area (Å²) >= 11 is 0. The van der Waals surface area contributed by atoms with E-state index in [4.69, 9.17) is 5.73 Å². The van der Waals surface area contributed by atoms with Gasteiger partial charge in [0.1, 0.15) is 5.82 Å². The highest BCUT2D eigenvalue weighted by molar-refractivity contribution is 5.85. The molecule has 0 fully saturated rings. The Bertz CT molecular complexity index is 296. The molecule has 0 spiro atoms. The molecule has 0 aliphatic rings. The molecule has 0 saturated heterocycles. The van der Waals surface area contributed by atoms with E-state index in [2.05, 4.69) is 27.4 Å². The van der Waals surface area contributed by atoms with Crippen molar-refractivity contribution in [2.24, 2.45) is 5.73 Å². The number of amides is 2. The number of nitrogens with zero attached hydrogens (tertiary/aromatic N) is 2. The third-order valence-electron chi connectivity index (χ3n) is 1.78. The monoisotopic (exact) mass is 197 g/mol. The van der Waals surface area contributed by atoms with Gasteiger partial charge in [0.25, 0.3) is 0 Å². The van der Waals surface area contributed by atoms with Crippen molar-refractivity contribution in [2.75, 3.05) is 5.32 Å². The maximum Gasteiger partial charge on any atom is 0.319 e. The zero-order chi connectivity index (χ0) is 10.4. The summed E-state index contributed by atoms with van der Waals surface area (Å²) in [7, 11) is 0. The van der Waals surface area contributed by atoms with Crippen LogP contribution < -0.4 is 11.1 Å². The molecule has 78 valence electrons. The number of nitrogens with two attached hydrogens (primary N) is 1. The first-order valence-corrected chi connectivity index (χ1v) is 4.70. The van der Waals surface area contributed by atoms with Crippen LogP contribution in [-0.4, -0.2) is 21.2 Å². The van der Waals surface area contributed by atoms with Gasteiger partial charge in [0, 0.05) is 6.42 Å². The van der Waals surface area contributed by atoms with E-state index in [1.165, 1.54) is 12.8 Å². The number of carbonyl (C=O) groups is 1. The van der Waals surface area contributed by atoms with Crippen LogP contribution in [0.5, 0.6) is 0 Å². The van der Waals surface area contributed by atoms with E-state index in [9.17, 15) is 4.79 Å². The lowest BCUT2D eigenvalue weighted by Gasteiger charge is -1.93. The van der Waals surface area contributed by atoms with E-state index >= 15 is 0 Å². The highest BCUT2D eigenvalue weighted by Crippen LogP contribution is 2.03. The zero-order valence-corrected chi connectivity index (χ0v) is 8.21. The molecule has 4 N–H and O–H groups in total. The van der Waals surface area contributed by atoms with Crippen molar-refractivity contribution in [1.82, 2.24) is 15.2 Å². The SMILES string of the molecule is CCCCCc1nc(NC(N)=O)n[nH]1. The number of aromatic amines is 1. The van der Waals surface area contributed by atoms with Crippen LogP contribution in [0.25, 0.3) is 0 Å². The van der Waals surface area contributed by atoms with Crippen LogP contribution in [0.2, 0.25) is 0 Å². The van der Waals surface area contributed by atoms with Crippen molar-refractivity contribution < 1.29 is 4.79 Å². The second-order valence-electron chi connectivity index (χ2n) is 3.05. The van der Waals surface area contributed by atoms with Crippen LogP contribution in [0.1, 0.15) is 32.0 Å². The lowest BCUT2D eigenvalue weighted by molar-refractivity contribution is 0.259. The molecule has 6 nitrogen and oxygen atoms in total. The molecule has 1 aromatic heterocycles. The number of hydrogen-bond donors (Lipinski definition) is 3. The van der Waals surface area contributed by atoms with Crippen molar-refractivity contribution in [3.05, 3.63) is 5.82 Å². The number of rotatable bonds is 5. The molecule has 0 aliphatic carbocycles. The highest BCUT2D eigenvalue weighted by atomic mass is 16.2. The molecule has 1 heterocycles. The van der Waals surface area contributed by atoms with Gasteiger partial charge in [0.05, 0.1) is 0 Å². The lowest BCUT2D eigenvalue weighted by Crippen LogP contribution is -2.20. The van der Waals surface area contributed by atoms with Crippen molar-refractivity contribution >= 4 is 12.0 Å². The Kier molecular flexibility index (Phi) is 3.90. The third-order valence-corrected chi connectivity index (χ3v) is 1.78. The fourth-order valence-electron chi connectivity index (χ4n) is 1.12. The van der Waals surface area contributed by atoms with Gasteiger partial charge in [-0.1, -0.05) is 19.8 Å². The highest BCUT2D eigenvalue weighted by Gasteiger charge is 2.03. The van der Waals surface area contributed by atoms with Gasteiger partial charge >= 0.3 is 6.03 Å². The van der Waals surface area contributed by atoms with Gasteiger partial charge in [-0.2, -0.15) is 4.98 Å². The Labute approximate surface area is 82.3 Å². The summed E-state index contributed by atoms with van der Waals surface area (Å²) in [6.45, 7) is 2.14. The van der Waals surface area contributed by atoms with Crippen molar-refractivity contribution in [1.29, 1.82) is 0 Å². The summed E-state index contributed by atoms with van der Waals surface area (Å²) in [5.74, 6) is 1.02. The summed E-state index contributed by atoms with van der Waals surface area (Å²) in [5.41, 5.74) is 4.91. The number of carbonyl (C=O) groups excluding carboxylic acids is 1. The Morgan fingerprint density at radius 3 is 3.00 bits per heavy atom. The van der Waals surface area contributed by atoms with Crippen molar-refractivity contribution in [3.8, 4) is 0 Å². The lowest BCUT2D eigenvalue weighted by atomic mass is 10.2. The molecule has 0 atom stereocenters. The minimum absolute atomic E-state index is 0.240. The number of aromatic nitrogens is 3. The van der Waals surface area contributed by atoms with E-state index in [0.717, 1.165) is 18.7 Å². The summed E-state index contributed by atoms with van der Waals surface area (Å²) < 4.78 is 0. The molecule has 0 bridgehead atoms. The molecule has 0 radical (unpaired) electrons. The van der Waals surface area contributed by atoms with Gasteiger partial charge in [0.15, 0.2) is 0 Å². The molecular formula is C8H15N5O. The maximum absolute atomic E-state index is 10.5. The van der Waals surface area contributed by atoms with Crippen molar-refractivity contribution in [2.45, 2.75) is 32.6 Å². The topological polar surface area (TPSA) is 96.7 Å². The molecule has 2 amide bonds. The smallest absolute Gasteiger partial charge is 0.319 e. The van der Waals surface area contributed by atoms with Gasteiger partial charge in [-0.3, -0.25) is 10.4 Å². The Morgan fingerprint density at radius 2 is 2.36 bits per heavy atom. The van der Waals surface area contributed by atoms with Crippen LogP contribution in [0, 0.1) is 0 Å². The number of anilines is 1. The second kappa shape index (κ2) is 5.21. The first-order chi connectivity index (χ1) is 6.72. The summed E-state index contributed by atoms with van der Waals surface area (Å²) in [6, 6.07) is -0.649. The van der Waals surface area contributed by atoms with Gasteiger partial charge < -0.3 is 5.73 Å². The molecule has 14 heavy (non-hydrogen) atoms. The maximum atomic E-state index is 10.5. The number of nitrogens with one attached hydrogen (secondary N) is 2. The molecule has 0 saturated carbocycles. The Hall–Kier alpha value is -1.59. The number of urea groups is 1. The number of unbranched alkanes of at least 4 members (excludes halogenated alkanes) is 2. The van der Waals surface area contributed by atoms with Crippen LogP contribution in [0.3, 0.4) is 0 Å². The molecule has 0 aromatic carbocycles. The van der Waals surface area contributed by atoms with E-state index in [1.807, 2.05) is 0 Å².